The van der Waals surface area contributed by atoms with Crippen LogP contribution in [0.3, 0.4) is 0 Å². The molecule has 5 rings (SSSR count). The topological polar surface area (TPSA) is 87.7 Å². The van der Waals surface area contributed by atoms with Gasteiger partial charge in [0, 0.05) is 48.6 Å². The fraction of sp³-hybridized carbons (Fsp3) is 0.654. The van der Waals surface area contributed by atoms with Crippen LogP contribution in [0, 0.1) is 11.7 Å². The normalized spacial score (nSPS) is 31.1. The van der Waals surface area contributed by atoms with E-state index in [-0.39, 0.29) is 54.6 Å². The van der Waals surface area contributed by atoms with Gasteiger partial charge >= 0.3 is 0 Å². The van der Waals surface area contributed by atoms with Crippen LogP contribution in [-0.4, -0.2) is 59.9 Å². The predicted octanol–water partition coefficient (Wildman–Crippen LogP) is 3.09. The van der Waals surface area contributed by atoms with Crippen molar-refractivity contribution in [1.82, 2.24) is 15.5 Å². The molecular weight excluding hydrogens is 475 g/mol. The van der Waals surface area contributed by atoms with Crippen molar-refractivity contribution >= 4 is 17.7 Å². The second-order valence-electron chi connectivity index (χ2n) is 10.4. The van der Waals surface area contributed by atoms with Crippen molar-refractivity contribution in [2.24, 2.45) is 5.92 Å². The van der Waals surface area contributed by atoms with Crippen molar-refractivity contribution in [3.8, 4) is 0 Å². The lowest BCUT2D eigenvalue weighted by Gasteiger charge is -2.37. The second-order valence-corrected chi connectivity index (χ2v) is 10.4. The number of nitrogens with zero attached hydrogens (tertiary/aromatic N) is 1. The third-order valence-electron chi connectivity index (χ3n) is 8.17. The van der Waals surface area contributed by atoms with Gasteiger partial charge in [0.25, 0.3) is 5.91 Å². The van der Waals surface area contributed by atoms with E-state index < -0.39 is 36.0 Å². The van der Waals surface area contributed by atoms with Gasteiger partial charge in [0.15, 0.2) is 0 Å². The minimum Gasteiger partial charge on any atom is -0.376 e. The monoisotopic (exact) mass is 507 g/mol. The van der Waals surface area contributed by atoms with Crippen molar-refractivity contribution < 1.29 is 32.3 Å². The Hall–Kier alpha value is -2.46. The minimum atomic E-state index is -2.27. The lowest BCUT2D eigenvalue weighted by molar-refractivity contribution is -0.136. The minimum absolute atomic E-state index is 0.00102. The van der Waals surface area contributed by atoms with Gasteiger partial charge in [-0.25, -0.2) is 13.2 Å². The number of hydrogen-bond donors (Lipinski definition) is 2. The number of amides is 3. The van der Waals surface area contributed by atoms with Crippen LogP contribution in [0.15, 0.2) is 12.1 Å². The number of nitrogens with one attached hydrogen (secondary N) is 2. The van der Waals surface area contributed by atoms with Gasteiger partial charge in [-0.2, -0.15) is 0 Å². The highest BCUT2D eigenvalue weighted by Gasteiger charge is 2.41. The molecule has 2 N–H and O–H groups in total. The fourth-order valence-electron chi connectivity index (χ4n) is 6.10. The maximum atomic E-state index is 15.6. The molecule has 1 aromatic rings. The molecule has 3 aliphatic heterocycles. The molecule has 0 bridgehead atoms. The highest BCUT2D eigenvalue weighted by atomic mass is 19.3. The summed E-state index contributed by atoms with van der Waals surface area (Å²) in [6, 6.07) is 2.59. The smallest absolute Gasteiger partial charge is 0.255 e. The van der Waals surface area contributed by atoms with Gasteiger partial charge in [0.1, 0.15) is 11.9 Å². The van der Waals surface area contributed by atoms with E-state index in [2.05, 4.69) is 10.6 Å². The third kappa shape index (κ3) is 5.02. The summed E-state index contributed by atoms with van der Waals surface area (Å²) < 4.78 is 47.6. The van der Waals surface area contributed by atoms with E-state index in [9.17, 15) is 23.2 Å². The molecule has 0 spiro atoms. The van der Waals surface area contributed by atoms with Crippen molar-refractivity contribution in [3.05, 3.63) is 34.6 Å². The quantitative estimate of drug-likeness (QED) is 0.578. The standard InChI is InChI=1S/C26H32F3N3O4/c27-23-15(5-8-17-18(23)13-32(26(17)35)20-9-10-22(33)31-25(20)34)12-21-19(2-1-11-36-21)30-16-6-3-14(4-7-16)24(28)29/h5,8,14,16,19-21,24,30H,1-4,6-7,9-13H2,(H,31,33,34)/t14-,16-,19-,20-,21+/m0/s1. The number of piperidine rings is 1. The number of carbonyl (C=O) groups is 3. The number of rotatable bonds is 6. The third-order valence-corrected chi connectivity index (χ3v) is 8.17. The molecule has 3 amide bonds. The number of halogens is 3. The van der Waals surface area contributed by atoms with Gasteiger partial charge in [-0.1, -0.05) is 6.07 Å². The zero-order valence-corrected chi connectivity index (χ0v) is 20.1. The van der Waals surface area contributed by atoms with Gasteiger partial charge in [0.2, 0.25) is 18.2 Å². The summed E-state index contributed by atoms with van der Waals surface area (Å²) in [6.07, 6.45) is 2.32. The Balaban J connectivity index is 1.26. The van der Waals surface area contributed by atoms with Crippen LogP contribution in [0.25, 0.3) is 0 Å². The summed E-state index contributed by atoms with van der Waals surface area (Å²) in [5.41, 5.74) is 0.968. The van der Waals surface area contributed by atoms with Crippen molar-refractivity contribution in [3.63, 3.8) is 0 Å². The molecule has 0 radical (unpaired) electrons. The number of benzene rings is 1. The van der Waals surface area contributed by atoms with Crippen LogP contribution in [0.1, 0.15) is 72.9 Å². The molecule has 4 aliphatic rings. The molecule has 3 atom stereocenters. The molecule has 1 aromatic carbocycles. The number of alkyl halides is 2. The fourth-order valence-corrected chi connectivity index (χ4v) is 6.10. The van der Waals surface area contributed by atoms with E-state index in [0.717, 1.165) is 12.8 Å². The Morgan fingerprint density at radius 2 is 1.86 bits per heavy atom. The Bertz CT molecular complexity index is 1030. The summed E-state index contributed by atoms with van der Waals surface area (Å²) >= 11 is 0. The molecule has 1 aliphatic carbocycles. The van der Waals surface area contributed by atoms with E-state index in [4.69, 9.17) is 4.74 Å². The molecule has 7 nitrogen and oxygen atoms in total. The van der Waals surface area contributed by atoms with Gasteiger partial charge in [-0.15, -0.1) is 0 Å². The number of ether oxygens (including phenoxy) is 1. The zero-order valence-electron chi connectivity index (χ0n) is 20.1. The highest BCUT2D eigenvalue weighted by Crippen LogP contribution is 2.33. The Kier molecular flexibility index (Phi) is 7.35. The van der Waals surface area contributed by atoms with E-state index in [1.54, 1.807) is 12.1 Å². The van der Waals surface area contributed by atoms with Crippen LogP contribution in [0.4, 0.5) is 13.2 Å². The molecule has 3 fully saturated rings. The van der Waals surface area contributed by atoms with Crippen molar-refractivity contribution in [2.75, 3.05) is 6.61 Å². The molecular formula is C26H32F3N3O4. The number of hydrogen-bond acceptors (Lipinski definition) is 5. The lowest BCUT2D eigenvalue weighted by Crippen LogP contribution is -2.52. The first kappa shape index (κ1) is 25.2. The van der Waals surface area contributed by atoms with Crippen LogP contribution in [0.5, 0.6) is 0 Å². The molecule has 0 unspecified atom stereocenters. The van der Waals surface area contributed by atoms with Gasteiger partial charge < -0.3 is 15.0 Å². The largest absolute Gasteiger partial charge is 0.376 e. The van der Waals surface area contributed by atoms with E-state index >= 15 is 4.39 Å². The van der Waals surface area contributed by atoms with E-state index in [1.165, 1.54) is 4.90 Å². The summed E-state index contributed by atoms with van der Waals surface area (Å²) in [7, 11) is 0. The number of imide groups is 1. The van der Waals surface area contributed by atoms with Crippen LogP contribution in [-0.2, 0) is 27.3 Å². The van der Waals surface area contributed by atoms with Crippen LogP contribution < -0.4 is 10.6 Å². The summed E-state index contributed by atoms with van der Waals surface area (Å²) in [5, 5.41) is 5.85. The Morgan fingerprint density at radius 3 is 2.58 bits per heavy atom. The van der Waals surface area contributed by atoms with Crippen molar-refractivity contribution in [2.45, 2.75) is 95.0 Å². The average Bonchev–Trinajstić information content (AvgIpc) is 3.19. The summed E-state index contributed by atoms with van der Waals surface area (Å²) in [5.74, 6) is -2.28. The molecule has 1 saturated carbocycles. The van der Waals surface area contributed by atoms with Gasteiger partial charge in [-0.3, -0.25) is 19.7 Å². The van der Waals surface area contributed by atoms with Crippen LogP contribution in [0.2, 0.25) is 0 Å². The Morgan fingerprint density at radius 1 is 1.08 bits per heavy atom. The molecule has 36 heavy (non-hydrogen) atoms. The first-order valence-corrected chi connectivity index (χ1v) is 12.9. The maximum Gasteiger partial charge on any atom is 0.255 e. The zero-order chi connectivity index (χ0) is 25.4. The second kappa shape index (κ2) is 10.5. The van der Waals surface area contributed by atoms with Crippen molar-refractivity contribution in [1.29, 1.82) is 0 Å². The van der Waals surface area contributed by atoms with Gasteiger partial charge in [-0.05, 0) is 56.6 Å². The maximum absolute atomic E-state index is 15.6. The predicted molar refractivity (Wildman–Crippen MR) is 124 cm³/mol. The first-order chi connectivity index (χ1) is 17.3. The van der Waals surface area contributed by atoms with Crippen LogP contribution >= 0.6 is 0 Å². The number of fused-ring (bicyclic) bond motifs is 1. The highest BCUT2D eigenvalue weighted by molar-refractivity contribution is 6.05. The Labute approximate surface area is 208 Å². The molecule has 196 valence electrons. The average molecular weight is 508 g/mol. The number of carbonyl (C=O) groups excluding carboxylic acids is 3. The summed E-state index contributed by atoms with van der Waals surface area (Å²) in [4.78, 5) is 38.0. The lowest BCUT2D eigenvalue weighted by atomic mass is 9.85. The van der Waals surface area contributed by atoms with E-state index in [0.29, 0.717) is 44.3 Å². The first-order valence-electron chi connectivity index (χ1n) is 12.9. The molecule has 10 heteroatoms. The van der Waals surface area contributed by atoms with E-state index in [1.807, 2.05) is 0 Å². The SMILES string of the molecule is O=C1CC[C@H](N2Cc3c(ccc(C[C@H]4OCCC[C@@H]4N[C@H]4CC[C@H](C(F)F)CC4)c3F)C2=O)C(=O)N1. The van der Waals surface area contributed by atoms with Gasteiger partial charge in [0.05, 0.1) is 12.6 Å². The molecule has 2 saturated heterocycles. The summed E-state index contributed by atoms with van der Waals surface area (Å²) in [6.45, 7) is 0.565. The molecule has 3 heterocycles. The molecule has 0 aromatic heterocycles.